The second-order valence-electron chi connectivity index (χ2n) is 1.71. The van der Waals surface area contributed by atoms with E-state index in [2.05, 4.69) is 11.9 Å². The summed E-state index contributed by atoms with van der Waals surface area (Å²) >= 11 is 0. The van der Waals surface area contributed by atoms with Crippen LogP contribution in [0, 0.1) is 0 Å². The van der Waals surface area contributed by atoms with Gasteiger partial charge in [-0.1, -0.05) is 6.92 Å². The fourth-order valence-corrected chi connectivity index (χ4v) is 0.618. The number of rotatable bonds is 1. The minimum Gasteiger partial charge on any atom is -0.265 e. The molecule has 0 fully saturated rings. The highest BCUT2D eigenvalue weighted by Gasteiger charge is 1.80. The van der Waals surface area contributed by atoms with Crippen LogP contribution in [0.3, 0.4) is 0 Å². The Balaban J connectivity index is 0.000000640. The molecule has 0 aliphatic rings. The lowest BCUT2D eigenvalue weighted by Crippen LogP contribution is -1.76. The zero-order chi connectivity index (χ0) is 5.82. The number of pyridine rings is 1. The van der Waals surface area contributed by atoms with Crippen LogP contribution in [0.4, 0.5) is 0 Å². The highest BCUT2D eigenvalue weighted by molar-refractivity contribution is 5.85. The standard InChI is InChI=1S/C7H9N.ClH/c1-2-7-3-5-8-6-4-7;/h3-6H,2H2,1H3;1H. The van der Waals surface area contributed by atoms with E-state index >= 15 is 0 Å². The Morgan fingerprint density at radius 3 is 2.22 bits per heavy atom. The first kappa shape index (κ1) is 8.44. The molecule has 1 rings (SSSR count). The van der Waals surface area contributed by atoms with Gasteiger partial charge in [0.25, 0.3) is 0 Å². The van der Waals surface area contributed by atoms with Crippen LogP contribution in [0.5, 0.6) is 0 Å². The van der Waals surface area contributed by atoms with Crippen molar-refractivity contribution in [1.82, 2.24) is 4.98 Å². The van der Waals surface area contributed by atoms with Gasteiger partial charge in [-0.25, -0.2) is 0 Å². The molecular weight excluding hydrogens is 134 g/mol. The summed E-state index contributed by atoms with van der Waals surface area (Å²) in [7, 11) is 0. The third-order valence-corrected chi connectivity index (χ3v) is 1.16. The summed E-state index contributed by atoms with van der Waals surface area (Å²) in [6, 6.07) is 4.06. The molecule has 0 bridgehead atoms. The fourth-order valence-electron chi connectivity index (χ4n) is 0.618. The first-order valence-electron chi connectivity index (χ1n) is 2.82. The van der Waals surface area contributed by atoms with Crippen LogP contribution in [-0.2, 0) is 6.42 Å². The summed E-state index contributed by atoms with van der Waals surface area (Å²) in [6.45, 7) is 2.13. The first-order chi connectivity index (χ1) is 3.93. The van der Waals surface area contributed by atoms with E-state index in [1.54, 1.807) is 0 Å². The summed E-state index contributed by atoms with van der Waals surface area (Å²) in [5, 5.41) is 0. The monoisotopic (exact) mass is 143 g/mol. The van der Waals surface area contributed by atoms with Gasteiger partial charge in [0.1, 0.15) is 0 Å². The molecule has 0 aliphatic heterocycles. The van der Waals surface area contributed by atoms with Crippen molar-refractivity contribution in [2.45, 2.75) is 13.3 Å². The van der Waals surface area contributed by atoms with Gasteiger partial charge in [0.2, 0.25) is 0 Å². The number of aromatic nitrogens is 1. The van der Waals surface area contributed by atoms with Gasteiger partial charge in [-0.2, -0.15) is 0 Å². The van der Waals surface area contributed by atoms with Gasteiger partial charge in [-0.3, -0.25) is 4.98 Å². The zero-order valence-corrected chi connectivity index (χ0v) is 6.19. The summed E-state index contributed by atoms with van der Waals surface area (Å²) in [6.07, 6.45) is 4.74. The number of nitrogens with zero attached hydrogens (tertiary/aromatic N) is 1. The van der Waals surface area contributed by atoms with E-state index in [-0.39, 0.29) is 12.4 Å². The third kappa shape index (κ3) is 2.47. The van der Waals surface area contributed by atoms with Crippen LogP contribution < -0.4 is 0 Å². The molecule has 0 saturated heterocycles. The molecule has 0 spiro atoms. The Kier molecular flexibility index (Phi) is 4.06. The van der Waals surface area contributed by atoms with Crippen molar-refractivity contribution in [3.8, 4) is 0 Å². The maximum absolute atomic E-state index is 3.89. The van der Waals surface area contributed by atoms with Crippen molar-refractivity contribution in [2.75, 3.05) is 0 Å². The van der Waals surface area contributed by atoms with Gasteiger partial charge in [0.15, 0.2) is 0 Å². The van der Waals surface area contributed by atoms with E-state index in [0.29, 0.717) is 0 Å². The van der Waals surface area contributed by atoms with Crippen LogP contribution in [0.2, 0.25) is 0 Å². The molecule has 1 heterocycles. The van der Waals surface area contributed by atoms with Gasteiger partial charge in [-0.05, 0) is 24.1 Å². The molecule has 2 heteroatoms. The second-order valence-corrected chi connectivity index (χ2v) is 1.71. The van der Waals surface area contributed by atoms with E-state index in [0.717, 1.165) is 6.42 Å². The average molecular weight is 144 g/mol. The lowest BCUT2D eigenvalue weighted by Gasteiger charge is -1.89. The maximum atomic E-state index is 3.89. The highest BCUT2D eigenvalue weighted by Crippen LogP contribution is 1.94. The Morgan fingerprint density at radius 2 is 1.89 bits per heavy atom. The number of hydrogen-bond donors (Lipinski definition) is 0. The quantitative estimate of drug-likeness (QED) is 0.587. The highest BCUT2D eigenvalue weighted by atomic mass is 35.5. The van der Waals surface area contributed by atoms with Crippen molar-refractivity contribution >= 4 is 12.4 Å². The molecule has 0 unspecified atom stereocenters. The van der Waals surface area contributed by atoms with Gasteiger partial charge < -0.3 is 0 Å². The fraction of sp³-hybridized carbons (Fsp3) is 0.286. The maximum Gasteiger partial charge on any atom is 0.0270 e. The normalized spacial score (nSPS) is 8.11. The molecule has 0 amide bonds. The topological polar surface area (TPSA) is 12.9 Å². The predicted octanol–water partition coefficient (Wildman–Crippen LogP) is 2.07. The van der Waals surface area contributed by atoms with E-state index in [9.17, 15) is 0 Å². The Bertz CT molecular complexity index is 150. The largest absolute Gasteiger partial charge is 0.265 e. The van der Waals surface area contributed by atoms with Crippen LogP contribution >= 0.6 is 12.4 Å². The molecule has 0 aliphatic carbocycles. The Morgan fingerprint density at radius 1 is 1.33 bits per heavy atom. The molecule has 0 N–H and O–H groups in total. The molecule has 0 radical (unpaired) electrons. The first-order valence-corrected chi connectivity index (χ1v) is 2.82. The van der Waals surface area contributed by atoms with Crippen molar-refractivity contribution in [1.29, 1.82) is 0 Å². The molecule has 0 saturated carbocycles. The minimum absolute atomic E-state index is 0. The Hall–Kier alpha value is -0.560. The molecular formula is C7H10ClN. The van der Waals surface area contributed by atoms with Crippen molar-refractivity contribution < 1.29 is 0 Å². The van der Waals surface area contributed by atoms with Crippen molar-refractivity contribution in [3.05, 3.63) is 30.1 Å². The lowest BCUT2D eigenvalue weighted by atomic mass is 10.2. The van der Waals surface area contributed by atoms with Gasteiger partial charge in [0.05, 0.1) is 0 Å². The number of hydrogen-bond acceptors (Lipinski definition) is 1. The molecule has 1 nitrogen and oxygen atoms in total. The summed E-state index contributed by atoms with van der Waals surface area (Å²) in [4.78, 5) is 3.89. The molecule has 0 aromatic carbocycles. The summed E-state index contributed by atoms with van der Waals surface area (Å²) < 4.78 is 0. The molecule has 1 aromatic heterocycles. The second kappa shape index (κ2) is 4.33. The lowest BCUT2D eigenvalue weighted by molar-refractivity contribution is 1.12. The van der Waals surface area contributed by atoms with Crippen LogP contribution in [0.1, 0.15) is 12.5 Å². The number of halogens is 1. The van der Waals surface area contributed by atoms with Crippen molar-refractivity contribution in [2.24, 2.45) is 0 Å². The smallest absolute Gasteiger partial charge is 0.0270 e. The summed E-state index contributed by atoms with van der Waals surface area (Å²) in [5.41, 5.74) is 1.35. The van der Waals surface area contributed by atoms with E-state index < -0.39 is 0 Å². The van der Waals surface area contributed by atoms with Gasteiger partial charge >= 0.3 is 0 Å². The van der Waals surface area contributed by atoms with Crippen LogP contribution in [-0.4, -0.2) is 4.98 Å². The van der Waals surface area contributed by atoms with Crippen molar-refractivity contribution in [3.63, 3.8) is 0 Å². The molecule has 1 aromatic rings. The SMILES string of the molecule is CCc1ccncc1.Cl. The number of aryl methyl sites for hydroxylation is 1. The van der Waals surface area contributed by atoms with Crippen LogP contribution in [0.15, 0.2) is 24.5 Å². The average Bonchev–Trinajstić information content (AvgIpc) is 1.90. The Labute approximate surface area is 61.5 Å². The van der Waals surface area contributed by atoms with Gasteiger partial charge in [0, 0.05) is 12.4 Å². The molecule has 50 valence electrons. The van der Waals surface area contributed by atoms with E-state index in [1.165, 1.54) is 5.56 Å². The minimum atomic E-state index is 0. The van der Waals surface area contributed by atoms with Crippen LogP contribution in [0.25, 0.3) is 0 Å². The van der Waals surface area contributed by atoms with E-state index in [1.807, 2.05) is 24.5 Å². The zero-order valence-electron chi connectivity index (χ0n) is 5.37. The van der Waals surface area contributed by atoms with Gasteiger partial charge in [-0.15, -0.1) is 12.4 Å². The molecule has 9 heavy (non-hydrogen) atoms. The molecule has 0 atom stereocenters. The predicted molar refractivity (Wildman–Crippen MR) is 40.9 cm³/mol. The van der Waals surface area contributed by atoms with E-state index in [4.69, 9.17) is 0 Å². The third-order valence-electron chi connectivity index (χ3n) is 1.16. The summed E-state index contributed by atoms with van der Waals surface area (Å²) in [5.74, 6) is 0.